The van der Waals surface area contributed by atoms with Crippen molar-refractivity contribution >= 4 is 33.6 Å². The number of benzene rings is 2. The van der Waals surface area contributed by atoms with E-state index < -0.39 is 0 Å². The van der Waals surface area contributed by atoms with Gasteiger partial charge in [0, 0.05) is 23.4 Å². The minimum Gasteiger partial charge on any atom is -0.292 e. The number of thioether (sulfide) groups is 1. The first-order valence-electron chi connectivity index (χ1n) is 8.75. The van der Waals surface area contributed by atoms with Crippen molar-refractivity contribution in [2.75, 3.05) is 12.5 Å². The highest BCUT2D eigenvalue weighted by molar-refractivity contribution is 9.10. The predicted molar refractivity (Wildman–Crippen MR) is 110 cm³/mol. The molecular formula is C21H18BrN3OS. The van der Waals surface area contributed by atoms with Crippen LogP contribution in [0.4, 0.5) is 0 Å². The van der Waals surface area contributed by atoms with Crippen LogP contribution in [0.5, 0.6) is 0 Å². The maximum Gasteiger partial charge on any atom is 0.229 e. The zero-order valence-electron chi connectivity index (χ0n) is 14.6. The molecule has 1 atom stereocenters. The lowest BCUT2D eigenvalue weighted by atomic mass is 9.86. The van der Waals surface area contributed by atoms with Gasteiger partial charge in [-0.1, -0.05) is 70.2 Å². The van der Waals surface area contributed by atoms with E-state index in [2.05, 4.69) is 39.0 Å². The van der Waals surface area contributed by atoms with Gasteiger partial charge in [0.15, 0.2) is 0 Å². The van der Waals surface area contributed by atoms with Crippen LogP contribution in [0.25, 0.3) is 0 Å². The largest absolute Gasteiger partial charge is 0.292 e. The van der Waals surface area contributed by atoms with Crippen molar-refractivity contribution in [1.82, 2.24) is 9.80 Å². The first-order valence-corrected chi connectivity index (χ1v) is 10.5. The summed E-state index contributed by atoms with van der Waals surface area (Å²) in [6.45, 7) is 1.33. The number of nitrogens with zero attached hydrogens (tertiary/aromatic N) is 3. The smallest absolute Gasteiger partial charge is 0.229 e. The van der Waals surface area contributed by atoms with Crippen LogP contribution in [0.1, 0.15) is 23.5 Å². The second-order valence-corrected chi connectivity index (χ2v) is 8.54. The summed E-state index contributed by atoms with van der Waals surface area (Å²) in [7, 11) is 0. The molecule has 0 aromatic heterocycles. The minimum atomic E-state index is -0.167. The maximum atomic E-state index is 12.9. The number of hydrogen-bond donors (Lipinski definition) is 0. The number of fused-ring (bicyclic) bond motifs is 1. The van der Waals surface area contributed by atoms with Crippen LogP contribution >= 0.6 is 27.7 Å². The Balaban J connectivity index is 1.60. The number of allylic oxidation sites excluding steroid dienone is 1. The molecule has 2 aromatic carbocycles. The molecule has 136 valence electrons. The van der Waals surface area contributed by atoms with E-state index in [9.17, 15) is 10.1 Å². The molecule has 1 amide bonds. The molecule has 0 N–H and O–H groups in total. The molecule has 2 aliphatic heterocycles. The topological polar surface area (TPSA) is 47.3 Å². The highest BCUT2D eigenvalue weighted by Gasteiger charge is 2.38. The number of carbonyl (C=O) groups excluding carboxylic acids is 1. The Bertz CT molecular complexity index is 938. The van der Waals surface area contributed by atoms with Crippen molar-refractivity contribution in [3.05, 3.63) is 80.8 Å². The molecule has 0 spiro atoms. The minimum absolute atomic E-state index is 0.0826. The second kappa shape index (κ2) is 7.89. The third kappa shape index (κ3) is 3.81. The molecule has 0 radical (unpaired) electrons. The molecule has 1 fully saturated rings. The molecular weight excluding hydrogens is 422 g/mol. The molecule has 4 nitrogen and oxygen atoms in total. The van der Waals surface area contributed by atoms with Gasteiger partial charge < -0.3 is 0 Å². The van der Waals surface area contributed by atoms with Crippen LogP contribution in [0.15, 0.2) is 69.7 Å². The number of rotatable bonds is 3. The first kappa shape index (κ1) is 18.3. The first-order chi connectivity index (χ1) is 13.2. The fourth-order valence-corrected chi connectivity index (χ4v) is 5.11. The van der Waals surface area contributed by atoms with Crippen molar-refractivity contribution in [3.63, 3.8) is 0 Å². The Labute approximate surface area is 171 Å². The van der Waals surface area contributed by atoms with Gasteiger partial charge in [0.25, 0.3) is 0 Å². The van der Waals surface area contributed by atoms with Gasteiger partial charge in [0.05, 0.1) is 29.2 Å². The molecule has 4 rings (SSSR count). The van der Waals surface area contributed by atoms with E-state index in [1.165, 1.54) is 5.56 Å². The van der Waals surface area contributed by atoms with Crippen LogP contribution < -0.4 is 0 Å². The van der Waals surface area contributed by atoms with Crippen LogP contribution in [0.2, 0.25) is 0 Å². The van der Waals surface area contributed by atoms with Crippen molar-refractivity contribution < 1.29 is 4.79 Å². The summed E-state index contributed by atoms with van der Waals surface area (Å²) in [5.41, 5.74) is 2.94. The SMILES string of the molecule is N#CC1=C2SCN(Cc3ccccc3)CN2C(=O)CC1c1cccc(Br)c1. The fourth-order valence-electron chi connectivity index (χ4n) is 3.56. The summed E-state index contributed by atoms with van der Waals surface area (Å²) in [4.78, 5) is 16.9. The number of carbonyl (C=O) groups is 1. The van der Waals surface area contributed by atoms with Crippen LogP contribution in [-0.2, 0) is 11.3 Å². The van der Waals surface area contributed by atoms with Crippen molar-refractivity contribution in [2.24, 2.45) is 0 Å². The molecule has 0 saturated carbocycles. The Hall–Kier alpha value is -2.07. The van der Waals surface area contributed by atoms with Gasteiger partial charge >= 0.3 is 0 Å². The number of amides is 1. The van der Waals surface area contributed by atoms with E-state index in [4.69, 9.17) is 0 Å². The molecule has 27 heavy (non-hydrogen) atoms. The number of nitriles is 1. The maximum absolute atomic E-state index is 12.9. The van der Waals surface area contributed by atoms with Crippen LogP contribution in [0.3, 0.4) is 0 Å². The molecule has 2 aliphatic rings. The Morgan fingerprint density at radius 1 is 1.19 bits per heavy atom. The Morgan fingerprint density at radius 3 is 2.74 bits per heavy atom. The van der Waals surface area contributed by atoms with Crippen molar-refractivity contribution in [2.45, 2.75) is 18.9 Å². The average Bonchev–Trinajstić information content (AvgIpc) is 2.69. The number of hydrogen-bond acceptors (Lipinski definition) is 4. The predicted octanol–water partition coefficient (Wildman–Crippen LogP) is 4.66. The van der Waals surface area contributed by atoms with Gasteiger partial charge in [-0.2, -0.15) is 5.26 Å². The molecule has 1 unspecified atom stereocenters. The Kier molecular flexibility index (Phi) is 5.35. The summed E-state index contributed by atoms with van der Waals surface area (Å²) < 4.78 is 0.961. The van der Waals surface area contributed by atoms with Gasteiger partial charge in [0.1, 0.15) is 0 Å². The monoisotopic (exact) mass is 439 g/mol. The highest BCUT2D eigenvalue weighted by atomic mass is 79.9. The summed E-state index contributed by atoms with van der Waals surface area (Å²) in [5, 5.41) is 10.7. The highest BCUT2D eigenvalue weighted by Crippen LogP contribution is 2.42. The van der Waals surface area contributed by atoms with Gasteiger partial charge in [-0.3, -0.25) is 14.6 Å². The van der Waals surface area contributed by atoms with Crippen LogP contribution in [-0.4, -0.2) is 28.3 Å². The molecule has 2 aromatic rings. The van der Waals surface area contributed by atoms with E-state index in [-0.39, 0.29) is 11.8 Å². The zero-order chi connectivity index (χ0) is 18.8. The average molecular weight is 440 g/mol. The van der Waals surface area contributed by atoms with Crippen molar-refractivity contribution in [1.29, 1.82) is 5.26 Å². The summed E-state index contributed by atoms with van der Waals surface area (Å²) in [6.07, 6.45) is 0.336. The zero-order valence-corrected chi connectivity index (χ0v) is 17.0. The third-order valence-electron chi connectivity index (χ3n) is 4.85. The van der Waals surface area contributed by atoms with Gasteiger partial charge in [-0.15, -0.1) is 0 Å². The molecule has 0 bridgehead atoms. The normalized spacial score (nSPS) is 20.4. The quantitative estimate of drug-likeness (QED) is 0.697. The van der Waals surface area contributed by atoms with E-state index in [0.717, 1.165) is 27.5 Å². The van der Waals surface area contributed by atoms with E-state index in [1.807, 2.05) is 42.5 Å². The Morgan fingerprint density at radius 2 is 2.00 bits per heavy atom. The second-order valence-electron chi connectivity index (χ2n) is 6.69. The standard InChI is InChI=1S/C21H18BrN3OS/c22-17-8-4-7-16(9-17)18-10-20(26)25-13-24(12-15-5-2-1-3-6-15)14-27-21(25)19(18)11-23/h1-9,18H,10,12-14H2. The summed E-state index contributed by atoms with van der Waals surface area (Å²) in [6, 6.07) is 20.5. The molecule has 6 heteroatoms. The summed E-state index contributed by atoms with van der Waals surface area (Å²) >= 11 is 5.08. The molecule has 1 saturated heterocycles. The van der Waals surface area contributed by atoms with E-state index in [0.29, 0.717) is 18.7 Å². The van der Waals surface area contributed by atoms with Crippen LogP contribution in [0, 0.1) is 11.3 Å². The van der Waals surface area contributed by atoms with Crippen molar-refractivity contribution in [3.8, 4) is 6.07 Å². The fraction of sp³-hybridized carbons (Fsp3) is 0.238. The van der Waals surface area contributed by atoms with E-state index >= 15 is 0 Å². The lowest BCUT2D eigenvalue weighted by molar-refractivity contribution is -0.131. The molecule has 0 aliphatic carbocycles. The summed E-state index contributed by atoms with van der Waals surface area (Å²) in [5.74, 6) is 0.684. The van der Waals surface area contributed by atoms with E-state index in [1.54, 1.807) is 16.7 Å². The van der Waals surface area contributed by atoms with Gasteiger partial charge in [-0.25, -0.2) is 0 Å². The lowest BCUT2D eigenvalue weighted by Crippen LogP contribution is -2.46. The lowest BCUT2D eigenvalue weighted by Gasteiger charge is -2.41. The van der Waals surface area contributed by atoms with Gasteiger partial charge in [0.2, 0.25) is 5.91 Å². The third-order valence-corrected chi connectivity index (χ3v) is 6.55. The number of halogens is 1. The molecule has 2 heterocycles. The van der Waals surface area contributed by atoms with Gasteiger partial charge in [-0.05, 0) is 23.3 Å².